The number of hydrogen-bond donors (Lipinski definition) is 7. The number of sulfonamides is 5. The van der Waals surface area contributed by atoms with Crippen molar-refractivity contribution in [3.63, 3.8) is 0 Å². The molecule has 0 aliphatic carbocycles. The Morgan fingerprint density at radius 1 is 0.412 bits per heavy atom. The molecule has 0 radical (unpaired) electrons. The first-order chi connectivity index (χ1) is 70.9. The highest BCUT2D eigenvalue weighted by atomic mass is 35.5. The van der Waals surface area contributed by atoms with E-state index in [-0.39, 0.29) is 47.5 Å². The minimum Gasteiger partial charge on any atom is -0.495 e. The van der Waals surface area contributed by atoms with Gasteiger partial charge in [-0.05, 0) is 267 Å². The summed E-state index contributed by atoms with van der Waals surface area (Å²) in [6.45, 7) is 14.5. The maximum absolute atomic E-state index is 12.8. The molecule has 0 atom stereocenters. The van der Waals surface area contributed by atoms with Gasteiger partial charge in [0.25, 0.3) is 0 Å². The van der Waals surface area contributed by atoms with Crippen molar-refractivity contribution in [1.82, 2.24) is 71.7 Å². The van der Waals surface area contributed by atoms with Crippen molar-refractivity contribution >= 4 is 157 Å². The predicted molar refractivity (Wildman–Crippen MR) is 588 cm³/mol. The number of alkyl halides is 3. The molecular weight excluding hydrogens is 2010 g/mol. The first-order valence-electron chi connectivity index (χ1n) is 49.0. The lowest BCUT2D eigenvalue weighted by Gasteiger charge is -2.32. The van der Waals surface area contributed by atoms with Crippen molar-refractivity contribution in [1.29, 1.82) is 0 Å². The van der Waals surface area contributed by atoms with Gasteiger partial charge in [-0.2, -0.15) is 13.2 Å². The quantitative estimate of drug-likeness (QED) is 0.0235. The fraction of sp³-hybridized carbons (Fsp3) is 0.336. The Hall–Kier alpha value is -13.0. The molecule has 14 aromatic rings. The van der Waals surface area contributed by atoms with E-state index in [4.69, 9.17) is 22.1 Å². The molecule has 32 nitrogen and oxygen atoms in total. The van der Waals surface area contributed by atoms with Crippen molar-refractivity contribution in [3.05, 3.63) is 273 Å². The van der Waals surface area contributed by atoms with Crippen LogP contribution >= 0.6 is 11.6 Å². The lowest BCUT2D eigenvalue weighted by Crippen LogP contribution is -2.44. The Bertz CT molecular complexity index is 7640. The fourth-order valence-electron chi connectivity index (χ4n) is 18.5. The van der Waals surface area contributed by atoms with Gasteiger partial charge in [0, 0.05) is 267 Å². The van der Waals surface area contributed by atoms with Crippen molar-refractivity contribution in [2.45, 2.75) is 121 Å². The number of nitrogens with one attached hydrogen (secondary N) is 6. The Morgan fingerprint density at radius 3 is 1.18 bits per heavy atom. The summed E-state index contributed by atoms with van der Waals surface area (Å²) < 4.78 is 171. The van der Waals surface area contributed by atoms with Gasteiger partial charge in [-0.15, -0.1) is 0 Å². The number of nitrogens with zero attached hydrogens (tertiary/aromatic N) is 14. The van der Waals surface area contributed by atoms with E-state index in [9.17, 15) is 55.3 Å². The van der Waals surface area contributed by atoms with Crippen LogP contribution < -0.4 is 42.4 Å². The van der Waals surface area contributed by atoms with Gasteiger partial charge in [0.1, 0.15) is 22.4 Å². The van der Waals surface area contributed by atoms with Crippen LogP contribution in [0.25, 0.3) is 105 Å². The van der Waals surface area contributed by atoms with Gasteiger partial charge in [0.05, 0.1) is 43.1 Å². The van der Waals surface area contributed by atoms with E-state index in [0.717, 1.165) is 190 Å². The molecule has 9 aromatic heterocycles. The maximum atomic E-state index is 12.8. The van der Waals surface area contributed by atoms with E-state index in [2.05, 4.69) is 138 Å². The van der Waals surface area contributed by atoms with E-state index in [1.807, 2.05) is 117 Å². The number of pyridine rings is 9. The summed E-state index contributed by atoms with van der Waals surface area (Å²) in [5, 5.41) is 29.8. The summed E-state index contributed by atoms with van der Waals surface area (Å²) in [6, 6.07) is 47.3. The van der Waals surface area contributed by atoms with Crippen molar-refractivity contribution < 1.29 is 60.0 Å². The second kappa shape index (κ2) is 49.0. The molecule has 41 heteroatoms. The van der Waals surface area contributed by atoms with E-state index in [1.165, 1.54) is 29.1 Å². The number of halogens is 4. The zero-order valence-corrected chi connectivity index (χ0v) is 88.2. The molecule has 0 amide bonds. The molecule has 5 aliphatic rings. The zero-order valence-electron chi connectivity index (χ0n) is 83.4. The summed E-state index contributed by atoms with van der Waals surface area (Å²) in [6.07, 6.45) is 35.5. The average molecular weight is 2130 g/mol. The first kappa shape index (κ1) is 109. The molecule has 8 N–H and O–H groups in total. The number of fused-ring (bicyclic) bond motifs is 4. The van der Waals surface area contributed by atoms with Gasteiger partial charge in [-0.3, -0.25) is 34.9 Å². The standard InChI is InChI=1S/C23H28N4O2S.C21H25ClN4O2S.C21H21F3N4O2S.C21H25N5O2S.C21H24N4O3S/c1-3-30(28,29)27-11-8-20(9-12-27)26-23-15-19(13-18-7-10-25-16-22(18)23)17-5-4-6-21(14-17)24-2;1-3-29(27,28)26-12-9-19(10-13-26)25-16(2)20-15-23-11-8-18(20)6-4-17-5-7-21(22)24-14-17;1-31(29,30)28-8-5-17(6-9-28)27-19-11-16(10-14-4-7-25-13-18(14)19)15-2-3-20(26-12-15)21(22,23)24;1-2-29(27,28)26-9-6-18(7-10-26)25-20-12-17(16-3-4-21(22)24-13-16)11-15-5-8-23-14-19(15)20;1-28-19-10-17(12-23-13-19)16-9-15-3-6-22-14-20(15)21(11-16)24-18-4-7-25(8-5-18)29(2,26)27/h4-7,10,13-16,20,24,26H,3,8-9,11-12H2,1-2H3;4-8,11,14-15,19,25H,2-3,9-10,12-13H2,1H3;2-4,7,10-13,17,27H,5-6,8-9H2,1H3;3-5,8,11-14,18,25H,2,6-7,9-10H2,1H3,(H2,22,24);3,6,9-14,18,24H,4-5,7-8H2,1-2H3/b;6-4+;;;. The van der Waals surface area contributed by atoms with E-state index in [1.54, 1.807) is 113 Å². The number of piperidine rings is 5. The summed E-state index contributed by atoms with van der Waals surface area (Å²) >= 11 is 5.83. The van der Waals surface area contributed by atoms with Gasteiger partial charge in [-0.25, -0.2) is 73.6 Å². The number of hydrogen-bond acceptors (Lipinski definition) is 27. The molecule has 19 rings (SSSR count). The van der Waals surface area contributed by atoms with Gasteiger partial charge >= 0.3 is 6.18 Å². The highest BCUT2D eigenvalue weighted by molar-refractivity contribution is 7.89. The number of benzene rings is 5. The van der Waals surface area contributed by atoms with Crippen LogP contribution in [0, 0.1) is 0 Å². The number of anilines is 6. The SMILES string of the molecule is C=C(NC1CCN(S(=O)(=O)CC)CC1)c1cnccc1/C=C/c1ccc(Cl)nc1.CCS(=O)(=O)N1CCC(Nc2cc(-c3ccc(N)nc3)cc3ccncc23)CC1.CCS(=O)(=O)N1CCC(Nc2cc(-c3cccc(NC)c3)cc3ccncc23)CC1.COc1cncc(-c2cc(NC3CCN(S(C)(=O)=O)CC3)c3cnccc3c2)c1.CS(=O)(=O)N1CCC(Nc2cc(-c3ccc(C(F)(F)F)nc3)cc3ccncc23)CC1. The summed E-state index contributed by atoms with van der Waals surface area (Å²) in [5.41, 5.74) is 20.9. The lowest BCUT2D eigenvalue weighted by atomic mass is 9.99. The van der Waals surface area contributed by atoms with Crippen molar-refractivity contribution in [3.8, 4) is 50.3 Å². The Kier molecular flexibility index (Phi) is 36.1. The number of ether oxygens (including phenoxy) is 1. The largest absolute Gasteiger partial charge is 0.495 e. The second-order valence-corrected chi connectivity index (χ2v) is 48.0. The molecule has 5 saturated heterocycles. The minimum atomic E-state index is -4.48. The maximum Gasteiger partial charge on any atom is 0.433 e. The van der Waals surface area contributed by atoms with Crippen LogP contribution in [0.3, 0.4) is 0 Å². The van der Waals surface area contributed by atoms with Crippen LogP contribution in [0.2, 0.25) is 5.15 Å². The van der Waals surface area contributed by atoms with Crippen LogP contribution in [-0.2, 0) is 56.3 Å². The first-order valence-corrected chi connectivity index (χ1v) is 57.9. The summed E-state index contributed by atoms with van der Waals surface area (Å²) in [4.78, 5) is 37.4. The van der Waals surface area contributed by atoms with Gasteiger partial charge in [-0.1, -0.05) is 54.6 Å². The van der Waals surface area contributed by atoms with Gasteiger partial charge < -0.3 is 42.4 Å². The lowest BCUT2D eigenvalue weighted by molar-refractivity contribution is -0.141. The molecule has 780 valence electrons. The van der Waals surface area contributed by atoms with Gasteiger partial charge in [0.15, 0.2) is 0 Å². The number of methoxy groups -OCH3 is 1. The molecule has 5 fully saturated rings. The van der Waals surface area contributed by atoms with E-state index in [0.29, 0.717) is 101 Å². The predicted octanol–water partition coefficient (Wildman–Crippen LogP) is 18.2. The van der Waals surface area contributed by atoms with Crippen LogP contribution in [0.1, 0.15) is 107 Å². The van der Waals surface area contributed by atoms with Crippen LogP contribution in [-0.4, -0.2) is 248 Å². The summed E-state index contributed by atoms with van der Waals surface area (Å²) in [7, 11) is -12.1. The molecule has 0 bridgehead atoms. The molecular formula is C107H123ClF3N21O11S5. The molecule has 148 heavy (non-hydrogen) atoms. The van der Waals surface area contributed by atoms with Crippen LogP contribution in [0.5, 0.6) is 5.75 Å². The smallest absolute Gasteiger partial charge is 0.433 e. The second-order valence-electron chi connectivity index (χ2n) is 36.8. The Balaban J connectivity index is 0.000000139. The van der Waals surface area contributed by atoms with E-state index >= 15 is 0 Å². The fourth-order valence-corrected chi connectivity index (χ4v) is 23.8. The third-order valence-electron chi connectivity index (χ3n) is 27.0. The topological polar surface area (TPSA) is 410 Å². The number of rotatable bonds is 27. The van der Waals surface area contributed by atoms with Crippen molar-refractivity contribution in [2.24, 2.45) is 0 Å². The average Bonchev–Trinajstić information content (AvgIpc) is 0.795. The molecule has 5 aromatic carbocycles. The minimum absolute atomic E-state index is 0.0717. The Labute approximate surface area is 868 Å². The number of nitrogen functional groups attached to an aromatic ring is 1. The molecule has 0 saturated carbocycles. The third kappa shape index (κ3) is 28.7. The monoisotopic (exact) mass is 2130 g/mol. The highest BCUT2D eigenvalue weighted by Crippen LogP contribution is 2.40. The number of nitrogens with two attached hydrogens (primary N) is 1. The molecule has 0 unspecified atom stereocenters. The van der Waals surface area contributed by atoms with E-state index < -0.39 is 62.0 Å². The van der Waals surface area contributed by atoms with Crippen LogP contribution in [0.4, 0.5) is 47.4 Å². The molecule has 14 heterocycles. The molecule has 0 spiro atoms. The summed E-state index contributed by atoms with van der Waals surface area (Å²) in [5.74, 6) is 1.66. The normalized spacial score (nSPS) is 16.2. The van der Waals surface area contributed by atoms with Crippen molar-refractivity contribution in [2.75, 3.05) is 142 Å². The van der Waals surface area contributed by atoms with Crippen LogP contribution in [0.15, 0.2) is 245 Å². The zero-order chi connectivity index (χ0) is 105. The number of aromatic nitrogens is 9. The Morgan fingerprint density at radius 2 is 0.804 bits per heavy atom. The van der Waals surface area contributed by atoms with Gasteiger partial charge in [0.2, 0.25) is 50.1 Å². The highest BCUT2D eigenvalue weighted by Gasteiger charge is 2.35. The molecule has 5 aliphatic heterocycles. The third-order valence-corrected chi connectivity index (χ3v) is 35.5.